The predicted molar refractivity (Wildman–Crippen MR) is 136 cm³/mol. The van der Waals surface area contributed by atoms with Gasteiger partial charge in [-0.25, -0.2) is 4.68 Å². The molecule has 0 saturated heterocycles. The van der Waals surface area contributed by atoms with Crippen molar-refractivity contribution in [2.75, 3.05) is 13.7 Å². The van der Waals surface area contributed by atoms with Crippen LogP contribution in [0.5, 0.6) is 5.75 Å². The van der Waals surface area contributed by atoms with E-state index in [1.165, 1.54) is 0 Å². The number of ether oxygens (including phenoxy) is 1. The van der Waals surface area contributed by atoms with Crippen LogP contribution in [0, 0.1) is 34.5 Å². The molecule has 0 radical (unpaired) electrons. The number of Topliss-reactive ketones (excluding diaryl/α,β-unsaturated/α-hetero) is 1. The summed E-state index contributed by atoms with van der Waals surface area (Å²) in [5.41, 5.74) is -0.773. The highest BCUT2D eigenvalue weighted by molar-refractivity contribution is 5.95. The Labute approximate surface area is 216 Å². The average molecular weight is 506 g/mol. The van der Waals surface area contributed by atoms with Gasteiger partial charge in [-0.05, 0) is 71.9 Å². The number of carbonyl (C=O) groups excluding carboxylic acids is 1. The van der Waals surface area contributed by atoms with E-state index < -0.39 is 35.7 Å². The Morgan fingerprint density at radius 2 is 1.92 bits per heavy atom. The molecule has 1 aromatic carbocycles. The molecule has 196 valence electrons. The Balaban J connectivity index is 1.49. The number of hydrogen-bond donors (Lipinski definition) is 3. The van der Waals surface area contributed by atoms with Gasteiger partial charge in [-0.2, -0.15) is 0 Å². The SMILES string of the molecule is COc1ccc(-c2cn([C@H]3C(C)=C[C@]45C(=O)[C@@H](C=C(CO)[C@@H](O)[C@]34O)[C@H]3[C@@H](C[C@H]5C)C3(C)C)nn2)cc1. The maximum absolute atomic E-state index is 14.5. The highest BCUT2D eigenvalue weighted by Gasteiger charge is 2.76. The van der Waals surface area contributed by atoms with Crippen LogP contribution < -0.4 is 4.74 Å². The summed E-state index contributed by atoms with van der Waals surface area (Å²) < 4.78 is 6.81. The third-order valence-electron chi connectivity index (χ3n) is 10.1. The summed E-state index contributed by atoms with van der Waals surface area (Å²) in [7, 11) is 1.61. The zero-order chi connectivity index (χ0) is 26.5. The van der Waals surface area contributed by atoms with Crippen LogP contribution in [-0.4, -0.2) is 61.5 Å². The Bertz CT molecular complexity index is 1330. The van der Waals surface area contributed by atoms with E-state index >= 15 is 0 Å². The molecule has 0 unspecified atom stereocenters. The van der Waals surface area contributed by atoms with Crippen LogP contribution in [0.1, 0.15) is 40.2 Å². The molecule has 1 spiro atoms. The molecular weight excluding hydrogens is 470 g/mol. The molecule has 1 heterocycles. The maximum Gasteiger partial charge on any atom is 0.153 e. The first kappa shape index (κ1) is 24.5. The number of aliphatic hydroxyl groups excluding tert-OH is 2. The van der Waals surface area contributed by atoms with Crippen molar-refractivity contribution < 1.29 is 24.9 Å². The minimum atomic E-state index is -1.93. The number of nitrogens with zero attached hydrogens (tertiary/aromatic N) is 3. The zero-order valence-electron chi connectivity index (χ0n) is 21.9. The molecule has 3 N–H and O–H groups in total. The van der Waals surface area contributed by atoms with Gasteiger partial charge in [-0.1, -0.05) is 38.1 Å². The van der Waals surface area contributed by atoms with E-state index in [1.807, 2.05) is 44.2 Å². The second-order valence-corrected chi connectivity index (χ2v) is 12.1. The van der Waals surface area contributed by atoms with Crippen LogP contribution in [-0.2, 0) is 4.79 Å². The number of ketones is 1. The number of fused-ring (bicyclic) bond motifs is 3. The molecule has 8 heteroatoms. The summed E-state index contributed by atoms with van der Waals surface area (Å²) in [5, 5.41) is 43.5. The molecule has 2 saturated carbocycles. The number of aromatic nitrogens is 3. The summed E-state index contributed by atoms with van der Waals surface area (Å²) in [6.07, 6.45) is 4.72. The zero-order valence-corrected chi connectivity index (χ0v) is 21.9. The topological polar surface area (TPSA) is 118 Å². The first-order chi connectivity index (χ1) is 17.5. The summed E-state index contributed by atoms with van der Waals surface area (Å²) >= 11 is 0. The Kier molecular flexibility index (Phi) is 5.20. The van der Waals surface area contributed by atoms with Crippen molar-refractivity contribution in [1.82, 2.24) is 15.0 Å². The van der Waals surface area contributed by atoms with E-state index in [2.05, 4.69) is 24.2 Å². The van der Waals surface area contributed by atoms with E-state index in [0.29, 0.717) is 17.2 Å². The first-order valence-electron chi connectivity index (χ1n) is 13.0. The fraction of sp³-hybridized carbons (Fsp3) is 0.552. The summed E-state index contributed by atoms with van der Waals surface area (Å²) in [6, 6.07) is 6.60. The van der Waals surface area contributed by atoms with E-state index in [9.17, 15) is 20.1 Å². The number of hydrogen-bond acceptors (Lipinski definition) is 7. The van der Waals surface area contributed by atoms with Crippen LogP contribution in [0.2, 0.25) is 0 Å². The van der Waals surface area contributed by atoms with Crippen LogP contribution in [0.15, 0.2) is 53.8 Å². The standard InChI is InChI=1S/C29H35N3O5/c1-15-12-28-16(2)10-21-23(27(21,3)4)20(26(28)35)11-18(14-33)25(34)29(28,36)24(15)32-13-22(30-31-32)17-6-8-19(37-5)9-7-17/h6-9,11-13,16,20-21,23-25,33-34,36H,10,14H2,1-5H3/t16-,20+,21-,23+,24+,25-,28+,29-/m1/s1. The molecule has 6 rings (SSSR count). The highest BCUT2D eigenvalue weighted by atomic mass is 16.5. The van der Waals surface area contributed by atoms with Crippen LogP contribution in [0.3, 0.4) is 0 Å². The number of methoxy groups -OCH3 is 1. The monoisotopic (exact) mass is 505 g/mol. The van der Waals surface area contributed by atoms with E-state index in [4.69, 9.17) is 4.74 Å². The van der Waals surface area contributed by atoms with Gasteiger partial charge in [-0.15, -0.1) is 5.10 Å². The molecule has 1 aromatic heterocycles. The quantitative estimate of drug-likeness (QED) is 0.547. The molecule has 2 fully saturated rings. The predicted octanol–water partition coefficient (Wildman–Crippen LogP) is 2.96. The van der Waals surface area contributed by atoms with Gasteiger partial charge in [-0.3, -0.25) is 4.79 Å². The van der Waals surface area contributed by atoms with E-state index in [1.54, 1.807) is 24.1 Å². The lowest BCUT2D eigenvalue weighted by Crippen LogP contribution is -2.63. The molecule has 37 heavy (non-hydrogen) atoms. The molecule has 8 nitrogen and oxygen atoms in total. The number of rotatable bonds is 4. The third kappa shape index (κ3) is 2.97. The van der Waals surface area contributed by atoms with Crippen LogP contribution >= 0.6 is 0 Å². The second kappa shape index (κ2) is 7.85. The normalized spacial score (nSPS) is 39.6. The van der Waals surface area contributed by atoms with Gasteiger partial charge in [0.05, 0.1) is 25.3 Å². The van der Waals surface area contributed by atoms with Gasteiger partial charge in [0, 0.05) is 11.5 Å². The van der Waals surface area contributed by atoms with Crippen LogP contribution in [0.4, 0.5) is 0 Å². The molecule has 2 bridgehead atoms. The molecular formula is C29H35N3O5. The Morgan fingerprint density at radius 3 is 2.57 bits per heavy atom. The molecule has 2 aromatic rings. The summed E-state index contributed by atoms with van der Waals surface area (Å²) in [6.45, 7) is 7.84. The molecule has 8 atom stereocenters. The molecule has 0 aliphatic heterocycles. The number of allylic oxidation sites excluding steroid dienone is 1. The fourth-order valence-corrected chi connectivity index (χ4v) is 8.14. The average Bonchev–Trinajstić information content (AvgIpc) is 3.16. The van der Waals surface area contributed by atoms with Gasteiger partial charge >= 0.3 is 0 Å². The number of carbonyl (C=O) groups is 1. The minimum Gasteiger partial charge on any atom is -0.497 e. The Morgan fingerprint density at radius 1 is 1.22 bits per heavy atom. The van der Waals surface area contributed by atoms with Gasteiger partial charge < -0.3 is 20.1 Å². The largest absolute Gasteiger partial charge is 0.497 e. The van der Waals surface area contributed by atoms with Crippen molar-refractivity contribution in [3.8, 4) is 17.0 Å². The van der Waals surface area contributed by atoms with Crippen molar-refractivity contribution in [1.29, 1.82) is 0 Å². The fourth-order valence-electron chi connectivity index (χ4n) is 8.14. The molecule has 0 amide bonds. The van der Waals surface area contributed by atoms with E-state index in [0.717, 1.165) is 23.3 Å². The van der Waals surface area contributed by atoms with Crippen molar-refractivity contribution in [2.24, 2.45) is 34.5 Å². The van der Waals surface area contributed by atoms with Crippen LogP contribution in [0.25, 0.3) is 11.3 Å². The maximum atomic E-state index is 14.5. The van der Waals surface area contributed by atoms with Crippen molar-refractivity contribution in [3.63, 3.8) is 0 Å². The molecule has 4 aliphatic carbocycles. The van der Waals surface area contributed by atoms with Gasteiger partial charge in [0.1, 0.15) is 29.2 Å². The first-order valence-corrected chi connectivity index (χ1v) is 13.0. The third-order valence-corrected chi connectivity index (χ3v) is 10.1. The van der Waals surface area contributed by atoms with Crippen molar-refractivity contribution in [3.05, 3.63) is 53.8 Å². The Hall–Kier alpha value is -2.81. The lowest BCUT2D eigenvalue weighted by Gasteiger charge is -2.49. The lowest BCUT2D eigenvalue weighted by atomic mass is 9.58. The smallest absolute Gasteiger partial charge is 0.153 e. The van der Waals surface area contributed by atoms with Crippen molar-refractivity contribution >= 4 is 5.78 Å². The van der Waals surface area contributed by atoms with Gasteiger partial charge in [0.25, 0.3) is 0 Å². The van der Waals surface area contributed by atoms with E-state index in [-0.39, 0.29) is 23.0 Å². The number of benzene rings is 1. The summed E-state index contributed by atoms with van der Waals surface area (Å²) in [5.74, 6) is 0.439. The second-order valence-electron chi connectivity index (χ2n) is 12.1. The van der Waals surface area contributed by atoms with Gasteiger partial charge in [0.2, 0.25) is 0 Å². The lowest BCUT2D eigenvalue weighted by molar-refractivity contribution is -0.175. The summed E-state index contributed by atoms with van der Waals surface area (Å²) in [4.78, 5) is 14.5. The highest BCUT2D eigenvalue weighted by Crippen LogP contribution is 2.72. The minimum absolute atomic E-state index is 0.00337. The van der Waals surface area contributed by atoms with Gasteiger partial charge in [0.15, 0.2) is 5.78 Å². The molecule has 4 aliphatic rings. The number of aliphatic hydroxyl groups is 3. The van der Waals surface area contributed by atoms with Crippen molar-refractivity contribution in [2.45, 2.75) is 51.9 Å².